The van der Waals surface area contributed by atoms with Gasteiger partial charge in [-0.25, -0.2) is 5.84 Å². The van der Waals surface area contributed by atoms with E-state index in [1.807, 2.05) is 23.1 Å². The van der Waals surface area contributed by atoms with Gasteiger partial charge < -0.3 is 19.5 Å². The fourth-order valence-electron chi connectivity index (χ4n) is 2.38. The van der Waals surface area contributed by atoms with Crippen LogP contribution >= 0.6 is 11.6 Å². The number of ether oxygens (including phenoxy) is 1. The molecule has 1 aliphatic rings. The molecular weight excluding hydrogens is 304 g/mol. The summed E-state index contributed by atoms with van der Waals surface area (Å²) in [6.07, 6.45) is 1.44. The topological polar surface area (TPSA) is 62.0 Å². The van der Waals surface area contributed by atoms with Gasteiger partial charge in [-0.1, -0.05) is 18.2 Å². The molecule has 1 fully saturated rings. The van der Waals surface area contributed by atoms with Crippen LogP contribution in [-0.2, 0) is 4.79 Å². The predicted octanol–water partition coefficient (Wildman–Crippen LogP) is 1.32. The van der Waals surface area contributed by atoms with Crippen LogP contribution in [-0.4, -0.2) is 55.6 Å². The fourth-order valence-corrected chi connectivity index (χ4v) is 2.57. The number of piperazine rings is 1. The molecule has 1 aromatic carbocycles. The molecule has 0 radical (unpaired) electrons. The first-order chi connectivity index (χ1) is 10.5. The zero-order chi connectivity index (χ0) is 16.1. The van der Waals surface area contributed by atoms with Crippen LogP contribution in [0.2, 0.25) is 5.02 Å². The van der Waals surface area contributed by atoms with Crippen LogP contribution < -0.4 is 15.5 Å². The average Bonchev–Trinajstić information content (AvgIpc) is 2.55. The molecule has 0 aromatic heterocycles. The third-order valence-electron chi connectivity index (χ3n) is 3.68. The minimum Gasteiger partial charge on any atom is -0.495 e. The van der Waals surface area contributed by atoms with Crippen LogP contribution in [0.3, 0.4) is 0 Å². The second-order valence-corrected chi connectivity index (χ2v) is 5.45. The predicted molar refractivity (Wildman–Crippen MR) is 87.9 cm³/mol. The molecule has 0 spiro atoms. The van der Waals surface area contributed by atoms with Crippen molar-refractivity contribution in [3.05, 3.63) is 36.0 Å². The van der Waals surface area contributed by atoms with Crippen molar-refractivity contribution in [2.75, 3.05) is 44.7 Å². The summed E-state index contributed by atoms with van der Waals surface area (Å²) in [6.45, 7) is 6.53. The minimum atomic E-state index is 0.00994. The van der Waals surface area contributed by atoms with E-state index in [9.17, 15) is 4.79 Å². The highest BCUT2D eigenvalue weighted by Crippen LogP contribution is 2.29. The fraction of sp³-hybridized carbons (Fsp3) is 0.400. The lowest BCUT2D eigenvalue weighted by Crippen LogP contribution is -2.51. The van der Waals surface area contributed by atoms with E-state index in [4.69, 9.17) is 22.2 Å². The molecule has 1 amide bonds. The van der Waals surface area contributed by atoms with E-state index >= 15 is 0 Å². The van der Waals surface area contributed by atoms with Crippen molar-refractivity contribution in [1.82, 2.24) is 9.91 Å². The first-order valence-electron chi connectivity index (χ1n) is 7.05. The Hall–Kier alpha value is -1.92. The molecule has 1 saturated heterocycles. The molecule has 120 valence electrons. The van der Waals surface area contributed by atoms with Gasteiger partial charge in [-0.05, 0) is 12.1 Å². The van der Waals surface area contributed by atoms with Crippen LogP contribution in [0.5, 0.6) is 5.75 Å². The minimum absolute atomic E-state index is 0.00994. The van der Waals surface area contributed by atoms with Crippen molar-refractivity contribution < 1.29 is 9.53 Å². The highest BCUT2D eigenvalue weighted by molar-refractivity contribution is 6.32. The molecule has 1 heterocycles. The number of carbonyl (C=O) groups excluding carboxylic acids is 1. The molecule has 2 rings (SSSR count). The normalized spacial score (nSPS) is 14.7. The molecule has 0 aliphatic carbocycles. The lowest BCUT2D eigenvalue weighted by atomic mass is 10.2. The van der Waals surface area contributed by atoms with E-state index in [0.717, 1.165) is 18.8 Å². The summed E-state index contributed by atoms with van der Waals surface area (Å²) in [5, 5.41) is 1.88. The van der Waals surface area contributed by atoms with Crippen LogP contribution in [0.4, 0.5) is 5.69 Å². The summed E-state index contributed by atoms with van der Waals surface area (Å²) >= 11 is 6.04. The molecule has 6 nitrogen and oxygen atoms in total. The van der Waals surface area contributed by atoms with Gasteiger partial charge in [-0.2, -0.15) is 0 Å². The molecule has 7 heteroatoms. The molecule has 22 heavy (non-hydrogen) atoms. The van der Waals surface area contributed by atoms with Gasteiger partial charge in [-0.3, -0.25) is 4.79 Å². The number of rotatable bonds is 5. The maximum atomic E-state index is 12.1. The van der Waals surface area contributed by atoms with Gasteiger partial charge in [0.15, 0.2) is 0 Å². The lowest BCUT2D eigenvalue weighted by Gasteiger charge is -2.36. The Balaban J connectivity index is 1.94. The Kier molecular flexibility index (Phi) is 5.51. The van der Waals surface area contributed by atoms with E-state index < -0.39 is 0 Å². The Bertz CT molecular complexity index is 544. The number of methoxy groups -OCH3 is 1. The SMILES string of the molecule is C=CN(N)CC(=O)N1CCN(c2ccc(Cl)c(OC)c2)CC1. The summed E-state index contributed by atoms with van der Waals surface area (Å²) in [5.74, 6) is 6.24. The Morgan fingerprint density at radius 2 is 2.14 bits per heavy atom. The number of amides is 1. The number of benzene rings is 1. The zero-order valence-corrected chi connectivity index (χ0v) is 13.4. The van der Waals surface area contributed by atoms with Crippen molar-refractivity contribution in [1.29, 1.82) is 0 Å². The average molecular weight is 325 g/mol. The Labute approximate surface area is 135 Å². The van der Waals surface area contributed by atoms with E-state index in [-0.39, 0.29) is 12.5 Å². The molecule has 1 aromatic rings. The third kappa shape index (κ3) is 3.84. The quantitative estimate of drug-likeness (QED) is 0.654. The van der Waals surface area contributed by atoms with Crippen molar-refractivity contribution in [3.8, 4) is 5.75 Å². The molecule has 1 aliphatic heterocycles. The smallest absolute Gasteiger partial charge is 0.243 e. The van der Waals surface area contributed by atoms with Gasteiger partial charge in [0.25, 0.3) is 0 Å². The second-order valence-electron chi connectivity index (χ2n) is 5.04. The van der Waals surface area contributed by atoms with Crippen molar-refractivity contribution in [3.63, 3.8) is 0 Å². The third-order valence-corrected chi connectivity index (χ3v) is 4.00. The van der Waals surface area contributed by atoms with E-state index in [2.05, 4.69) is 11.5 Å². The van der Waals surface area contributed by atoms with Gasteiger partial charge >= 0.3 is 0 Å². The monoisotopic (exact) mass is 324 g/mol. The number of nitrogens with two attached hydrogens (primary N) is 1. The number of anilines is 1. The number of hydrogen-bond donors (Lipinski definition) is 1. The van der Waals surface area contributed by atoms with E-state index in [0.29, 0.717) is 23.9 Å². The largest absolute Gasteiger partial charge is 0.495 e. The summed E-state index contributed by atoms with van der Waals surface area (Å²) in [4.78, 5) is 16.1. The Morgan fingerprint density at radius 3 is 2.73 bits per heavy atom. The molecule has 0 bridgehead atoms. The van der Waals surface area contributed by atoms with Gasteiger partial charge in [0.2, 0.25) is 5.91 Å². The van der Waals surface area contributed by atoms with Crippen molar-refractivity contribution in [2.24, 2.45) is 5.84 Å². The number of hydrogen-bond acceptors (Lipinski definition) is 5. The van der Waals surface area contributed by atoms with E-state index in [1.54, 1.807) is 7.11 Å². The number of hydrazine groups is 1. The number of carbonyl (C=O) groups is 1. The molecule has 2 N–H and O–H groups in total. The summed E-state index contributed by atoms with van der Waals surface area (Å²) in [6, 6.07) is 5.70. The van der Waals surface area contributed by atoms with Gasteiger partial charge in [0.1, 0.15) is 12.3 Å². The number of halogens is 1. The first kappa shape index (κ1) is 16.5. The summed E-state index contributed by atoms with van der Waals surface area (Å²) < 4.78 is 5.24. The van der Waals surface area contributed by atoms with Crippen LogP contribution in [0.25, 0.3) is 0 Å². The van der Waals surface area contributed by atoms with Gasteiger partial charge in [0.05, 0.1) is 12.1 Å². The van der Waals surface area contributed by atoms with Gasteiger partial charge in [-0.15, -0.1) is 0 Å². The summed E-state index contributed by atoms with van der Waals surface area (Å²) in [5.41, 5.74) is 1.04. The highest BCUT2D eigenvalue weighted by Gasteiger charge is 2.22. The van der Waals surface area contributed by atoms with Crippen LogP contribution in [0, 0.1) is 0 Å². The molecule has 0 unspecified atom stereocenters. The van der Waals surface area contributed by atoms with E-state index in [1.165, 1.54) is 11.2 Å². The lowest BCUT2D eigenvalue weighted by molar-refractivity contribution is -0.132. The highest BCUT2D eigenvalue weighted by atomic mass is 35.5. The molecular formula is C15H21ClN4O2. The maximum absolute atomic E-state index is 12.1. The van der Waals surface area contributed by atoms with Crippen molar-refractivity contribution >= 4 is 23.2 Å². The van der Waals surface area contributed by atoms with Crippen molar-refractivity contribution in [2.45, 2.75) is 0 Å². The van der Waals surface area contributed by atoms with Crippen LogP contribution in [0.15, 0.2) is 31.0 Å². The molecule has 0 atom stereocenters. The maximum Gasteiger partial charge on any atom is 0.243 e. The van der Waals surface area contributed by atoms with Crippen LogP contribution in [0.1, 0.15) is 0 Å². The first-order valence-corrected chi connectivity index (χ1v) is 7.43. The standard InChI is InChI=1S/C15H21ClN4O2/c1-3-20(17)11-15(21)19-8-6-18(7-9-19)12-4-5-13(16)14(10-12)22-2/h3-5,10H,1,6-9,11,17H2,2H3. The Morgan fingerprint density at radius 1 is 1.45 bits per heavy atom. The van der Waals surface area contributed by atoms with Gasteiger partial charge in [0, 0.05) is 44.1 Å². The summed E-state index contributed by atoms with van der Waals surface area (Å²) in [7, 11) is 1.60. The second kappa shape index (κ2) is 7.38. The molecule has 0 saturated carbocycles. The number of nitrogens with zero attached hydrogens (tertiary/aromatic N) is 3. The zero-order valence-electron chi connectivity index (χ0n) is 12.7.